The van der Waals surface area contributed by atoms with Crippen molar-refractivity contribution in [3.05, 3.63) is 35.0 Å². The average Bonchev–Trinajstić information content (AvgIpc) is 3.24. The molecule has 2 unspecified atom stereocenters. The Morgan fingerprint density at radius 1 is 1.14 bits per heavy atom. The van der Waals surface area contributed by atoms with Gasteiger partial charge in [-0.25, -0.2) is 0 Å². The van der Waals surface area contributed by atoms with Crippen LogP contribution in [0.5, 0.6) is 0 Å². The van der Waals surface area contributed by atoms with Crippen molar-refractivity contribution in [1.82, 2.24) is 14.8 Å². The van der Waals surface area contributed by atoms with Crippen LogP contribution < -0.4 is 0 Å². The molecule has 2 aliphatic heterocycles. The molecule has 2 atom stereocenters. The van der Waals surface area contributed by atoms with Gasteiger partial charge in [-0.1, -0.05) is 33.3 Å². The average molecular weight is 482 g/mol. The molecule has 5 nitrogen and oxygen atoms in total. The van der Waals surface area contributed by atoms with Gasteiger partial charge in [-0.05, 0) is 113 Å². The maximum absolute atomic E-state index is 12.7. The first kappa shape index (κ1) is 26.2. The van der Waals surface area contributed by atoms with Crippen LogP contribution in [0.2, 0.25) is 0 Å². The molecular formula is C30H47N3O2. The fourth-order valence-corrected chi connectivity index (χ4v) is 6.78. The van der Waals surface area contributed by atoms with Crippen molar-refractivity contribution in [3.63, 3.8) is 0 Å². The summed E-state index contributed by atoms with van der Waals surface area (Å²) in [6.07, 6.45) is 8.81. The van der Waals surface area contributed by atoms with E-state index in [2.05, 4.69) is 47.0 Å². The Hall–Kier alpha value is -1.85. The summed E-state index contributed by atoms with van der Waals surface area (Å²) < 4.78 is 5.27. The number of nitrogens with zero attached hydrogens (tertiary/aromatic N) is 2. The Bertz CT molecular complexity index is 989. The van der Waals surface area contributed by atoms with E-state index in [1.54, 1.807) is 12.7 Å². The van der Waals surface area contributed by atoms with Gasteiger partial charge in [-0.2, -0.15) is 0 Å². The maximum atomic E-state index is 12.7. The van der Waals surface area contributed by atoms with Gasteiger partial charge in [0.05, 0.1) is 12.5 Å². The standard InChI is InChI=1S/C28H41N3O2.C2H6/c1-4-5-20-6-7-25-23(16-20)24-17-22-19-31(12-8-21(22)18-26(24)29-25)15-11-28(27(32)33-3)9-13-30(2)14-10-28;1-2/h6-7,16,21-22,29H,4-5,8-15,17-19H2,1-3H3;1-2H3. The van der Waals surface area contributed by atoms with E-state index in [0.29, 0.717) is 0 Å². The second-order valence-corrected chi connectivity index (χ2v) is 11.1. The predicted octanol–water partition coefficient (Wildman–Crippen LogP) is 5.46. The minimum atomic E-state index is -0.287. The number of methoxy groups -OCH3 is 1. The molecular weight excluding hydrogens is 434 g/mol. The van der Waals surface area contributed by atoms with Gasteiger partial charge in [-0.3, -0.25) is 4.79 Å². The molecule has 0 amide bonds. The number of H-pyrrole nitrogens is 1. The second kappa shape index (κ2) is 11.5. The molecule has 3 heterocycles. The Labute approximate surface area is 212 Å². The first-order chi connectivity index (χ1) is 17.0. The SMILES string of the molecule is CC.CCCc1ccc2[nH]c3c(c2c1)CC1CN(CCC2(C(=O)OC)CCN(C)CC2)CCC1C3. The van der Waals surface area contributed by atoms with E-state index in [-0.39, 0.29) is 11.4 Å². The molecule has 0 spiro atoms. The monoisotopic (exact) mass is 481 g/mol. The lowest BCUT2D eigenvalue weighted by molar-refractivity contribution is -0.156. The number of likely N-dealkylation sites (tertiary alicyclic amines) is 2. The molecule has 1 N–H and O–H groups in total. The fourth-order valence-electron chi connectivity index (χ4n) is 6.78. The van der Waals surface area contributed by atoms with Crippen LogP contribution in [0, 0.1) is 17.3 Å². The van der Waals surface area contributed by atoms with Crippen LogP contribution in [-0.2, 0) is 28.8 Å². The van der Waals surface area contributed by atoms with Crippen LogP contribution in [0.15, 0.2) is 18.2 Å². The normalized spacial score (nSPS) is 24.3. The van der Waals surface area contributed by atoms with Crippen molar-refractivity contribution in [2.24, 2.45) is 17.3 Å². The number of hydrogen-bond donors (Lipinski definition) is 1. The summed E-state index contributed by atoms with van der Waals surface area (Å²) in [4.78, 5) is 21.5. The molecule has 5 heteroatoms. The van der Waals surface area contributed by atoms with E-state index in [9.17, 15) is 4.79 Å². The highest BCUT2D eigenvalue weighted by Crippen LogP contribution is 2.41. The summed E-state index contributed by atoms with van der Waals surface area (Å²) in [5.41, 5.74) is 5.56. The van der Waals surface area contributed by atoms with Crippen molar-refractivity contribution in [2.45, 2.75) is 72.1 Å². The molecule has 5 rings (SSSR count). The van der Waals surface area contributed by atoms with Gasteiger partial charge in [0.1, 0.15) is 0 Å². The predicted molar refractivity (Wildman–Crippen MR) is 145 cm³/mol. The summed E-state index contributed by atoms with van der Waals surface area (Å²) >= 11 is 0. The highest BCUT2D eigenvalue weighted by molar-refractivity contribution is 5.85. The number of benzene rings is 1. The molecule has 1 aliphatic carbocycles. The highest BCUT2D eigenvalue weighted by atomic mass is 16.5. The molecule has 2 saturated heterocycles. The molecule has 1 aromatic heterocycles. The summed E-state index contributed by atoms with van der Waals surface area (Å²) in [6, 6.07) is 7.03. The number of ether oxygens (including phenoxy) is 1. The molecule has 194 valence electrons. The van der Waals surface area contributed by atoms with Crippen molar-refractivity contribution < 1.29 is 9.53 Å². The summed E-state index contributed by atoms with van der Waals surface area (Å²) in [7, 11) is 3.71. The molecule has 3 aliphatic rings. The number of piperidine rings is 2. The minimum Gasteiger partial charge on any atom is -0.469 e. The third-order valence-corrected chi connectivity index (χ3v) is 8.97. The van der Waals surface area contributed by atoms with Crippen LogP contribution in [-0.4, -0.2) is 67.6 Å². The summed E-state index contributed by atoms with van der Waals surface area (Å²) in [6.45, 7) is 11.6. The van der Waals surface area contributed by atoms with Crippen LogP contribution in [0.1, 0.15) is 69.7 Å². The van der Waals surface area contributed by atoms with Crippen LogP contribution >= 0.6 is 0 Å². The molecule has 2 fully saturated rings. The smallest absolute Gasteiger partial charge is 0.311 e. The lowest BCUT2D eigenvalue weighted by Gasteiger charge is -2.43. The van der Waals surface area contributed by atoms with Crippen molar-refractivity contribution in [2.75, 3.05) is 46.9 Å². The quantitative estimate of drug-likeness (QED) is 0.557. The number of esters is 1. The summed E-state index contributed by atoms with van der Waals surface area (Å²) in [5.74, 6) is 1.52. The molecule has 2 aromatic rings. The number of carbonyl (C=O) groups excluding carboxylic acids is 1. The summed E-state index contributed by atoms with van der Waals surface area (Å²) in [5, 5.41) is 1.46. The van der Waals surface area contributed by atoms with Crippen molar-refractivity contribution in [1.29, 1.82) is 0 Å². The van der Waals surface area contributed by atoms with Crippen LogP contribution in [0.3, 0.4) is 0 Å². The minimum absolute atomic E-state index is 0.00877. The maximum Gasteiger partial charge on any atom is 0.311 e. The van der Waals surface area contributed by atoms with Crippen LogP contribution in [0.25, 0.3) is 10.9 Å². The molecule has 0 bridgehead atoms. The van der Waals surface area contributed by atoms with E-state index in [1.807, 2.05) is 13.8 Å². The number of carbonyl (C=O) groups is 1. The highest BCUT2D eigenvalue weighted by Gasteiger charge is 2.42. The van der Waals surface area contributed by atoms with Crippen molar-refractivity contribution >= 4 is 16.9 Å². The van der Waals surface area contributed by atoms with Gasteiger partial charge in [0, 0.05) is 23.1 Å². The largest absolute Gasteiger partial charge is 0.469 e. The number of aromatic amines is 1. The van der Waals surface area contributed by atoms with E-state index < -0.39 is 0 Å². The van der Waals surface area contributed by atoms with E-state index in [0.717, 1.165) is 63.7 Å². The Balaban J connectivity index is 0.00000141. The lowest BCUT2D eigenvalue weighted by Crippen LogP contribution is -2.48. The molecule has 0 radical (unpaired) electrons. The third-order valence-electron chi connectivity index (χ3n) is 8.97. The third kappa shape index (κ3) is 5.46. The zero-order valence-corrected chi connectivity index (χ0v) is 22.8. The Morgan fingerprint density at radius 3 is 2.63 bits per heavy atom. The van der Waals surface area contributed by atoms with Gasteiger partial charge in [0.25, 0.3) is 0 Å². The van der Waals surface area contributed by atoms with Gasteiger partial charge >= 0.3 is 5.97 Å². The molecule has 1 aromatic carbocycles. The number of nitrogens with one attached hydrogen (secondary N) is 1. The number of aryl methyl sites for hydroxylation is 1. The van der Waals surface area contributed by atoms with Gasteiger partial charge in [-0.15, -0.1) is 0 Å². The number of rotatable bonds is 6. The van der Waals surface area contributed by atoms with Gasteiger partial charge in [0.2, 0.25) is 0 Å². The van der Waals surface area contributed by atoms with Gasteiger partial charge in [0.15, 0.2) is 0 Å². The zero-order valence-electron chi connectivity index (χ0n) is 22.8. The Morgan fingerprint density at radius 2 is 1.91 bits per heavy atom. The topological polar surface area (TPSA) is 48.6 Å². The van der Waals surface area contributed by atoms with Crippen LogP contribution in [0.4, 0.5) is 0 Å². The first-order valence-electron chi connectivity index (χ1n) is 14.1. The van der Waals surface area contributed by atoms with E-state index in [4.69, 9.17) is 4.74 Å². The second-order valence-electron chi connectivity index (χ2n) is 11.1. The number of fused-ring (bicyclic) bond motifs is 4. The fraction of sp³-hybridized carbons (Fsp3) is 0.700. The molecule has 0 saturated carbocycles. The van der Waals surface area contributed by atoms with Crippen molar-refractivity contribution in [3.8, 4) is 0 Å². The number of hydrogen-bond acceptors (Lipinski definition) is 4. The van der Waals surface area contributed by atoms with E-state index >= 15 is 0 Å². The number of aromatic nitrogens is 1. The van der Waals surface area contributed by atoms with Gasteiger partial charge < -0.3 is 19.5 Å². The zero-order chi connectivity index (χ0) is 25.0. The van der Waals surface area contributed by atoms with E-state index in [1.165, 1.54) is 54.4 Å². The lowest BCUT2D eigenvalue weighted by atomic mass is 9.73. The molecule has 35 heavy (non-hydrogen) atoms. The Kier molecular flexibility index (Phi) is 8.59. The first-order valence-corrected chi connectivity index (χ1v) is 14.1.